The molecule has 0 aromatic carbocycles. The molecular formula is C13H27NO2. The third-order valence-corrected chi connectivity index (χ3v) is 3.48. The minimum Gasteiger partial charge on any atom is -0.382 e. The topological polar surface area (TPSA) is 30.5 Å². The second-order valence-corrected chi connectivity index (χ2v) is 4.79. The van der Waals surface area contributed by atoms with Crippen molar-refractivity contribution in [3.63, 3.8) is 0 Å². The van der Waals surface area contributed by atoms with Gasteiger partial charge in [-0.15, -0.1) is 0 Å². The van der Waals surface area contributed by atoms with Gasteiger partial charge in [-0.1, -0.05) is 6.92 Å². The molecule has 0 aromatic heterocycles. The van der Waals surface area contributed by atoms with Crippen LogP contribution in [0.1, 0.15) is 39.5 Å². The van der Waals surface area contributed by atoms with Crippen LogP contribution in [0.25, 0.3) is 0 Å². The van der Waals surface area contributed by atoms with Crippen molar-refractivity contribution in [2.24, 2.45) is 5.92 Å². The normalized spacial score (nSPS) is 21.9. The molecule has 0 radical (unpaired) electrons. The van der Waals surface area contributed by atoms with Crippen LogP contribution in [0.4, 0.5) is 0 Å². The van der Waals surface area contributed by atoms with E-state index in [1.165, 1.54) is 19.3 Å². The van der Waals surface area contributed by atoms with E-state index >= 15 is 0 Å². The lowest BCUT2D eigenvalue weighted by atomic mass is 9.88. The lowest BCUT2D eigenvalue weighted by molar-refractivity contribution is 0.0376. The Morgan fingerprint density at radius 2 is 2.06 bits per heavy atom. The van der Waals surface area contributed by atoms with Crippen molar-refractivity contribution in [3.05, 3.63) is 0 Å². The Kier molecular flexibility index (Phi) is 7.01. The Labute approximate surface area is 99.9 Å². The molecule has 2 atom stereocenters. The van der Waals surface area contributed by atoms with Gasteiger partial charge in [-0.3, -0.25) is 0 Å². The molecule has 1 aliphatic heterocycles. The molecule has 96 valence electrons. The summed E-state index contributed by atoms with van der Waals surface area (Å²) in [7, 11) is 1.80. The number of hydrogen-bond donors (Lipinski definition) is 1. The van der Waals surface area contributed by atoms with Crippen LogP contribution < -0.4 is 5.32 Å². The Morgan fingerprint density at radius 1 is 1.38 bits per heavy atom. The number of hydrogen-bond acceptors (Lipinski definition) is 3. The van der Waals surface area contributed by atoms with Crippen LogP contribution in [0, 0.1) is 5.92 Å². The van der Waals surface area contributed by atoms with Gasteiger partial charge in [0.25, 0.3) is 0 Å². The van der Waals surface area contributed by atoms with Gasteiger partial charge in [0.15, 0.2) is 0 Å². The molecule has 1 rings (SSSR count). The molecule has 1 heterocycles. The Morgan fingerprint density at radius 3 is 2.62 bits per heavy atom. The number of methoxy groups -OCH3 is 1. The van der Waals surface area contributed by atoms with E-state index in [4.69, 9.17) is 9.47 Å². The third-order valence-electron chi connectivity index (χ3n) is 3.48. The number of rotatable bonds is 7. The van der Waals surface area contributed by atoms with Gasteiger partial charge in [-0.05, 0) is 45.1 Å². The zero-order valence-corrected chi connectivity index (χ0v) is 11.0. The van der Waals surface area contributed by atoms with E-state index in [2.05, 4.69) is 19.2 Å². The monoisotopic (exact) mass is 229 g/mol. The smallest absolute Gasteiger partial charge is 0.0558 e. The van der Waals surface area contributed by atoms with Gasteiger partial charge in [-0.25, -0.2) is 0 Å². The number of ether oxygens (including phenoxy) is 2. The molecule has 16 heavy (non-hydrogen) atoms. The van der Waals surface area contributed by atoms with Gasteiger partial charge < -0.3 is 14.8 Å². The molecule has 3 nitrogen and oxygen atoms in total. The predicted octanol–water partition coefficient (Wildman–Crippen LogP) is 2.21. The van der Waals surface area contributed by atoms with Crippen LogP contribution >= 0.6 is 0 Å². The van der Waals surface area contributed by atoms with E-state index in [0.29, 0.717) is 12.1 Å². The lowest BCUT2D eigenvalue weighted by Crippen LogP contribution is -2.41. The van der Waals surface area contributed by atoms with E-state index in [1.807, 2.05) is 0 Å². The molecule has 0 saturated carbocycles. The molecule has 0 bridgehead atoms. The van der Waals surface area contributed by atoms with Gasteiger partial charge in [0.05, 0.1) is 6.10 Å². The van der Waals surface area contributed by atoms with Gasteiger partial charge in [-0.2, -0.15) is 0 Å². The summed E-state index contributed by atoms with van der Waals surface area (Å²) in [5, 5.41) is 3.67. The van der Waals surface area contributed by atoms with E-state index in [9.17, 15) is 0 Å². The third kappa shape index (κ3) is 4.81. The fourth-order valence-electron chi connectivity index (χ4n) is 2.34. The first-order valence-electron chi connectivity index (χ1n) is 6.61. The van der Waals surface area contributed by atoms with Crippen molar-refractivity contribution < 1.29 is 9.47 Å². The average Bonchev–Trinajstić information content (AvgIpc) is 2.35. The van der Waals surface area contributed by atoms with Crippen molar-refractivity contribution in [3.8, 4) is 0 Å². The summed E-state index contributed by atoms with van der Waals surface area (Å²) in [6.45, 7) is 7.33. The van der Waals surface area contributed by atoms with Gasteiger partial charge in [0.1, 0.15) is 0 Å². The molecule has 1 aliphatic rings. The highest BCUT2D eigenvalue weighted by atomic mass is 16.5. The van der Waals surface area contributed by atoms with E-state index in [-0.39, 0.29) is 0 Å². The number of nitrogens with one attached hydrogen (secondary N) is 1. The van der Waals surface area contributed by atoms with Gasteiger partial charge in [0, 0.05) is 26.4 Å². The van der Waals surface area contributed by atoms with Crippen LogP contribution in [0.2, 0.25) is 0 Å². The molecule has 1 fully saturated rings. The van der Waals surface area contributed by atoms with Gasteiger partial charge in [0.2, 0.25) is 0 Å². The highest BCUT2D eigenvalue weighted by molar-refractivity contribution is 4.80. The molecule has 1 N–H and O–H groups in total. The first-order valence-corrected chi connectivity index (χ1v) is 6.61. The van der Waals surface area contributed by atoms with Crippen molar-refractivity contribution >= 4 is 0 Å². The maximum Gasteiger partial charge on any atom is 0.0558 e. The highest BCUT2D eigenvalue weighted by Gasteiger charge is 2.24. The summed E-state index contributed by atoms with van der Waals surface area (Å²) >= 11 is 0. The molecule has 3 heteroatoms. The zero-order chi connectivity index (χ0) is 11.8. The Hall–Kier alpha value is -0.120. The summed E-state index contributed by atoms with van der Waals surface area (Å²) in [5.41, 5.74) is 0. The summed E-state index contributed by atoms with van der Waals surface area (Å²) in [6.07, 6.45) is 5.04. The molecule has 0 aromatic rings. The van der Waals surface area contributed by atoms with Crippen molar-refractivity contribution in [1.29, 1.82) is 0 Å². The minimum atomic E-state index is 0.345. The SMILES string of the molecule is CCCNC(CC(C)OC)C1CCOCC1. The summed E-state index contributed by atoms with van der Waals surface area (Å²) in [5.74, 6) is 0.762. The molecule has 0 aliphatic carbocycles. The van der Waals surface area contributed by atoms with Gasteiger partial charge >= 0.3 is 0 Å². The molecule has 1 saturated heterocycles. The molecular weight excluding hydrogens is 202 g/mol. The predicted molar refractivity (Wildman–Crippen MR) is 66.7 cm³/mol. The average molecular weight is 229 g/mol. The minimum absolute atomic E-state index is 0.345. The van der Waals surface area contributed by atoms with E-state index < -0.39 is 0 Å². The highest BCUT2D eigenvalue weighted by Crippen LogP contribution is 2.22. The van der Waals surface area contributed by atoms with Crippen molar-refractivity contribution in [2.45, 2.75) is 51.7 Å². The standard InChI is InChI=1S/C13H27NO2/c1-4-7-14-13(10-11(2)15-3)12-5-8-16-9-6-12/h11-14H,4-10H2,1-3H3. The quantitative estimate of drug-likeness (QED) is 0.726. The summed E-state index contributed by atoms with van der Waals surface area (Å²) < 4.78 is 10.8. The van der Waals surface area contributed by atoms with Crippen molar-refractivity contribution in [1.82, 2.24) is 5.32 Å². The molecule has 0 spiro atoms. The fraction of sp³-hybridized carbons (Fsp3) is 1.00. The van der Waals surface area contributed by atoms with Crippen LogP contribution in [-0.4, -0.2) is 39.0 Å². The second kappa shape index (κ2) is 8.04. The van der Waals surface area contributed by atoms with Crippen LogP contribution in [0.3, 0.4) is 0 Å². The first-order chi connectivity index (χ1) is 7.77. The van der Waals surface area contributed by atoms with E-state index in [0.717, 1.165) is 32.1 Å². The van der Waals surface area contributed by atoms with Crippen molar-refractivity contribution in [2.75, 3.05) is 26.9 Å². The van der Waals surface area contributed by atoms with Crippen LogP contribution in [0.5, 0.6) is 0 Å². The summed E-state index contributed by atoms with van der Waals surface area (Å²) in [6, 6.07) is 0.596. The first kappa shape index (κ1) is 13.9. The fourth-order valence-corrected chi connectivity index (χ4v) is 2.34. The Bertz CT molecular complexity index is 169. The van der Waals surface area contributed by atoms with Crippen LogP contribution in [-0.2, 0) is 9.47 Å². The second-order valence-electron chi connectivity index (χ2n) is 4.79. The lowest BCUT2D eigenvalue weighted by Gasteiger charge is -2.32. The molecule has 0 amide bonds. The maximum absolute atomic E-state index is 5.43. The zero-order valence-electron chi connectivity index (χ0n) is 11.0. The largest absolute Gasteiger partial charge is 0.382 e. The summed E-state index contributed by atoms with van der Waals surface area (Å²) in [4.78, 5) is 0. The maximum atomic E-state index is 5.43. The Balaban J connectivity index is 2.40. The van der Waals surface area contributed by atoms with Crippen LogP contribution in [0.15, 0.2) is 0 Å². The molecule has 2 unspecified atom stereocenters. The van der Waals surface area contributed by atoms with E-state index in [1.54, 1.807) is 7.11 Å².